The van der Waals surface area contributed by atoms with Crippen molar-refractivity contribution in [3.8, 4) is 0 Å². The van der Waals surface area contributed by atoms with Crippen LogP contribution >= 0.6 is 18.1 Å². The van der Waals surface area contributed by atoms with Crippen molar-refractivity contribution in [2.24, 2.45) is 5.92 Å². The van der Waals surface area contributed by atoms with Crippen molar-refractivity contribution in [3.63, 3.8) is 0 Å². The third-order valence-electron chi connectivity index (χ3n) is 2.15. The van der Waals surface area contributed by atoms with Gasteiger partial charge in [-0.1, -0.05) is 52.9 Å². The molecule has 15 heavy (non-hydrogen) atoms. The van der Waals surface area contributed by atoms with E-state index in [9.17, 15) is 0 Å². The van der Waals surface area contributed by atoms with Gasteiger partial charge in [-0.15, -0.1) is 9.10 Å². The van der Waals surface area contributed by atoms with E-state index < -0.39 is 0 Å². The zero-order valence-electron chi connectivity index (χ0n) is 10.7. The molecule has 0 aliphatic heterocycles. The van der Waals surface area contributed by atoms with Crippen LogP contribution < -0.4 is 0 Å². The van der Waals surface area contributed by atoms with Gasteiger partial charge in [-0.3, -0.25) is 0 Å². The maximum atomic E-state index is 5.62. The van der Waals surface area contributed by atoms with Crippen LogP contribution in [0.5, 0.6) is 0 Å². The Hall–Kier alpha value is 2.11. The maximum absolute atomic E-state index is 5.62. The molecule has 0 aliphatic rings. The molecule has 0 amide bonds. The largest absolute Gasteiger partial charge is 0.501 e. The first-order valence-electron chi connectivity index (χ1n) is 6.30. The number of rotatable bonds is 8. The summed E-state index contributed by atoms with van der Waals surface area (Å²) in [5.74, 6) is 0.853. The standard InChI is InChI=1S/C6H13.C5H11.2ClH.2Mg/c1-3-5-6-4-2;1-4-5(2)3;;;;/h1,3-6H2,2H3;5H,1,4H2,2-3H3;2*1H;;/q;;;;2*+1/p-2. The van der Waals surface area contributed by atoms with E-state index in [1.807, 2.05) is 0 Å². The third kappa shape index (κ3) is 26.0. The highest BCUT2D eigenvalue weighted by Crippen LogP contribution is 2.03. The molecule has 0 saturated carbocycles. The Labute approximate surface area is 123 Å². The Morgan fingerprint density at radius 3 is 1.87 bits per heavy atom. The van der Waals surface area contributed by atoms with Crippen molar-refractivity contribution < 1.29 is 0 Å². The molecule has 4 heteroatoms. The second-order valence-corrected chi connectivity index (χ2v) is 8.77. The van der Waals surface area contributed by atoms with Gasteiger partial charge in [-0.25, -0.2) is 0 Å². The lowest BCUT2D eigenvalue weighted by Gasteiger charge is -1.97. The lowest BCUT2D eigenvalue weighted by molar-refractivity contribution is 0.625. The average molecular weight is 276 g/mol. The van der Waals surface area contributed by atoms with Crippen molar-refractivity contribution in [1.82, 2.24) is 0 Å². The highest BCUT2D eigenvalue weighted by atomic mass is 35.5. The van der Waals surface area contributed by atoms with Crippen LogP contribution in [0.15, 0.2) is 0 Å². The van der Waals surface area contributed by atoms with E-state index in [-0.39, 0.29) is 38.5 Å². The van der Waals surface area contributed by atoms with E-state index in [4.69, 9.17) is 18.1 Å². The molecule has 0 aromatic carbocycles. The summed E-state index contributed by atoms with van der Waals surface area (Å²) in [6.45, 7) is 6.71. The summed E-state index contributed by atoms with van der Waals surface area (Å²) in [5, 5.41) is 0. The van der Waals surface area contributed by atoms with Crippen LogP contribution in [0.4, 0.5) is 0 Å². The molecule has 0 atom stereocenters. The van der Waals surface area contributed by atoms with Crippen LogP contribution in [-0.4, -0.2) is 38.5 Å². The van der Waals surface area contributed by atoms with Crippen LogP contribution in [0.25, 0.3) is 0 Å². The lowest BCUT2D eigenvalue weighted by Crippen LogP contribution is -1.86. The van der Waals surface area contributed by atoms with Gasteiger partial charge in [0, 0.05) is 0 Å². The normalized spacial score (nSPS) is 8.93. The summed E-state index contributed by atoms with van der Waals surface area (Å²) >= 11 is -0.298. The first-order valence-corrected chi connectivity index (χ1v) is 12.6. The predicted octanol–water partition coefficient (Wildman–Crippen LogP) is 5.15. The van der Waals surface area contributed by atoms with E-state index in [0.29, 0.717) is 0 Å². The monoisotopic (exact) mass is 274 g/mol. The van der Waals surface area contributed by atoms with Crippen molar-refractivity contribution >= 4 is 56.7 Å². The fourth-order valence-electron chi connectivity index (χ4n) is 1.18. The highest BCUT2D eigenvalue weighted by Gasteiger charge is 1.93. The highest BCUT2D eigenvalue weighted by molar-refractivity contribution is 6.93. The molecule has 0 unspecified atom stereocenters. The average Bonchev–Trinajstić information content (AvgIpc) is 2.22. The fraction of sp³-hybridized carbons (Fsp3) is 1.00. The summed E-state index contributed by atoms with van der Waals surface area (Å²) < 4.78 is 2.64. The Bertz CT molecular complexity index is 94.6. The lowest BCUT2D eigenvalue weighted by atomic mass is 10.2. The Morgan fingerprint density at radius 2 is 1.53 bits per heavy atom. The fourth-order valence-corrected chi connectivity index (χ4v) is 3.73. The molecule has 0 aliphatic carbocycles. The Morgan fingerprint density at radius 1 is 0.933 bits per heavy atom. The van der Waals surface area contributed by atoms with Crippen LogP contribution in [0.1, 0.15) is 52.9 Å². The SMILES string of the molecule is CC(C)C[CH2][Mg][Cl].CCCCC[CH2][Mg][Cl]. The molecular formula is C11H24Cl2Mg2. The van der Waals surface area contributed by atoms with Gasteiger partial charge in [0.1, 0.15) is 0 Å². The van der Waals surface area contributed by atoms with E-state index in [1.54, 1.807) is 0 Å². The minimum absolute atomic E-state index is 0.142. The van der Waals surface area contributed by atoms with E-state index in [2.05, 4.69) is 20.8 Å². The summed E-state index contributed by atoms with van der Waals surface area (Å²) in [6.07, 6.45) is 6.84. The number of unbranched alkanes of at least 4 members (excludes halogenated alkanes) is 3. The van der Waals surface area contributed by atoms with Gasteiger partial charge in [0.05, 0.1) is 0 Å². The molecule has 0 aromatic rings. The second kappa shape index (κ2) is 18.5. The van der Waals surface area contributed by atoms with Gasteiger partial charge in [-0.2, -0.15) is 0 Å². The molecule has 0 fully saturated rings. The zero-order valence-corrected chi connectivity index (χ0v) is 15.0. The van der Waals surface area contributed by atoms with Gasteiger partial charge >= 0.3 is 38.5 Å². The second-order valence-electron chi connectivity index (χ2n) is 4.33. The molecule has 0 N–H and O–H groups in total. The topological polar surface area (TPSA) is 0 Å². The molecule has 0 heterocycles. The minimum atomic E-state index is -0.157. The molecule has 0 bridgehead atoms. The zero-order chi connectivity index (χ0) is 11.9. The van der Waals surface area contributed by atoms with Crippen molar-refractivity contribution in [2.45, 2.75) is 62.0 Å². The summed E-state index contributed by atoms with van der Waals surface area (Å²) in [4.78, 5) is 0. The van der Waals surface area contributed by atoms with E-state index in [1.165, 1.54) is 41.2 Å². The Kier molecular flexibility index (Phi) is 24.0. The minimum Gasteiger partial charge on any atom is -0.346 e. The maximum Gasteiger partial charge on any atom is 0.501 e. The number of halogens is 2. The molecule has 0 spiro atoms. The van der Waals surface area contributed by atoms with Gasteiger partial charge in [0.15, 0.2) is 0 Å². The third-order valence-corrected chi connectivity index (χ3v) is 5.20. The first-order chi connectivity index (χ1) is 7.18. The van der Waals surface area contributed by atoms with Crippen molar-refractivity contribution in [3.05, 3.63) is 0 Å². The molecule has 0 rings (SSSR count). The van der Waals surface area contributed by atoms with Crippen LogP contribution in [-0.2, 0) is 0 Å². The Balaban J connectivity index is 0. The number of hydrogen-bond acceptors (Lipinski definition) is 0. The van der Waals surface area contributed by atoms with Crippen molar-refractivity contribution in [2.75, 3.05) is 0 Å². The quantitative estimate of drug-likeness (QED) is 0.424. The van der Waals surface area contributed by atoms with Gasteiger partial charge in [-0.05, 0) is 5.92 Å². The van der Waals surface area contributed by atoms with Crippen molar-refractivity contribution in [1.29, 1.82) is 0 Å². The van der Waals surface area contributed by atoms with Crippen LogP contribution in [0, 0.1) is 5.92 Å². The van der Waals surface area contributed by atoms with E-state index >= 15 is 0 Å². The van der Waals surface area contributed by atoms with Crippen LogP contribution in [0.3, 0.4) is 0 Å². The molecule has 0 radical (unpaired) electrons. The smallest absolute Gasteiger partial charge is 0.346 e. The molecule has 0 aromatic heterocycles. The van der Waals surface area contributed by atoms with Crippen LogP contribution in [0.2, 0.25) is 9.10 Å². The molecule has 0 saturated heterocycles. The summed E-state index contributed by atoms with van der Waals surface area (Å²) in [5.41, 5.74) is 0. The molecule has 0 nitrogen and oxygen atoms in total. The van der Waals surface area contributed by atoms with E-state index in [0.717, 1.165) is 5.92 Å². The number of hydrogen-bond donors (Lipinski definition) is 0. The first kappa shape index (κ1) is 19.5. The summed E-state index contributed by atoms with van der Waals surface area (Å²) in [7, 11) is 11.2. The van der Waals surface area contributed by atoms with Gasteiger partial charge < -0.3 is 18.1 Å². The molecule has 86 valence electrons. The van der Waals surface area contributed by atoms with Gasteiger partial charge in [0.2, 0.25) is 0 Å². The van der Waals surface area contributed by atoms with Gasteiger partial charge in [0.25, 0.3) is 0 Å². The predicted molar refractivity (Wildman–Crippen MR) is 76.4 cm³/mol. The molecular weight excluding hydrogens is 252 g/mol. The summed E-state index contributed by atoms with van der Waals surface area (Å²) in [6, 6.07) is 0.